The van der Waals surface area contributed by atoms with Crippen LogP contribution < -0.4 is 0 Å². The van der Waals surface area contributed by atoms with Crippen molar-refractivity contribution in [1.82, 2.24) is 20.0 Å². The minimum Gasteiger partial charge on any atom is -0.478 e. The predicted molar refractivity (Wildman–Crippen MR) is 82.6 cm³/mol. The van der Waals surface area contributed by atoms with Gasteiger partial charge in [-0.15, -0.1) is 5.10 Å². The van der Waals surface area contributed by atoms with Crippen LogP contribution in [-0.2, 0) is 6.54 Å². The Bertz CT molecular complexity index is 905. The number of carboxylic acids is 1. The van der Waals surface area contributed by atoms with Gasteiger partial charge in [0.2, 0.25) is 5.89 Å². The third kappa shape index (κ3) is 2.85. The van der Waals surface area contributed by atoms with Gasteiger partial charge in [-0.2, -0.15) is 0 Å². The topological polar surface area (TPSA) is 94.0 Å². The number of fused-ring (bicyclic) bond motifs is 1. The molecule has 0 amide bonds. The van der Waals surface area contributed by atoms with Crippen LogP contribution >= 0.6 is 0 Å². The standard InChI is InChI=1S/C16H14N4O3/c21-16(22)12-2-1-3-13-15(12)17-14(23-13)7-6-11-9-20(19-18-11)8-10-4-5-10/h1-3,6-7,9-10H,4-5,8H2,(H,21,22)/b7-6+. The van der Waals surface area contributed by atoms with Gasteiger partial charge in [0.25, 0.3) is 0 Å². The van der Waals surface area contributed by atoms with Crippen molar-refractivity contribution in [3.63, 3.8) is 0 Å². The van der Waals surface area contributed by atoms with E-state index >= 15 is 0 Å². The van der Waals surface area contributed by atoms with E-state index in [1.165, 1.54) is 18.9 Å². The van der Waals surface area contributed by atoms with Crippen LogP contribution in [0.2, 0.25) is 0 Å². The molecule has 3 aromatic rings. The Hall–Kier alpha value is -2.96. The summed E-state index contributed by atoms with van der Waals surface area (Å²) in [7, 11) is 0. The van der Waals surface area contributed by atoms with Crippen LogP contribution in [0.4, 0.5) is 0 Å². The number of oxazole rings is 1. The molecule has 0 radical (unpaired) electrons. The summed E-state index contributed by atoms with van der Waals surface area (Å²) in [5, 5.41) is 17.3. The summed E-state index contributed by atoms with van der Waals surface area (Å²) in [5.74, 6) is 0.0490. The number of nitrogens with zero attached hydrogens (tertiary/aromatic N) is 4. The summed E-state index contributed by atoms with van der Waals surface area (Å²) < 4.78 is 7.38. The largest absolute Gasteiger partial charge is 0.478 e. The highest BCUT2D eigenvalue weighted by Gasteiger charge is 2.22. The molecule has 23 heavy (non-hydrogen) atoms. The molecule has 1 fully saturated rings. The van der Waals surface area contributed by atoms with Crippen LogP contribution in [0.1, 0.15) is 34.8 Å². The number of para-hydroxylation sites is 1. The number of aromatic carboxylic acids is 1. The van der Waals surface area contributed by atoms with E-state index in [1.54, 1.807) is 24.3 Å². The Balaban J connectivity index is 1.58. The first kappa shape index (κ1) is 13.7. The summed E-state index contributed by atoms with van der Waals surface area (Å²) in [6.45, 7) is 0.908. The summed E-state index contributed by atoms with van der Waals surface area (Å²) in [6.07, 6.45) is 7.82. The zero-order valence-corrected chi connectivity index (χ0v) is 12.2. The number of carbonyl (C=O) groups is 1. The van der Waals surface area contributed by atoms with E-state index in [0.29, 0.717) is 22.7 Å². The molecule has 0 atom stereocenters. The van der Waals surface area contributed by atoms with Gasteiger partial charge in [0.05, 0.1) is 11.8 Å². The van der Waals surface area contributed by atoms with Gasteiger partial charge in [-0.05, 0) is 37.0 Å². The average Bonchev–Trinajstić information content (AvgIpc) is 3.07. The highest BCUT2D eigenvalue weighted by atomic mass is 16.4. The van der Waals surface area contributed by atoms with Crippen molar-refractivity contribution < 1.29 is 14.3 Å². The lowest BCUT2D eigenvalue weighted by molar-refractivity contribution is 0.0699. The van der Waals surface area contributed by atoms with E-state index in [0.717, 1.165) is 12.5 Å². The number of hydrogen-bond acceptors (Lipinski definition) is 5. The molecule has 2 heterocycles. The van der Waals surface area contributed by atoms with Crippen LogP contribution in [0.25, 0.3) is 23.3 Å². The molecule has 4 rings (SSSR count). The number of benzene rings is 1. The monoisotopic (exact) mass is 310 g/mol. The van der Waals surface area contributed by atoms with Crippen LogP contribution in [0.15, 0.2) is 28.8 Å². The molecular formula is C16H14N4O3. The Morgan fingerprint density at radius 1 is 1.39 bits per heavy atom. The summed E-state index contributed by atoms with van der Waals surface area (Å²) in [6, 6.07) is 4.83. The Morgan fingerprint density at radius 2 is 2.26 bits per heavy atom. The average molecular weight is 310 g/mol. The lowest BCUT2D eigenvalue weighted by atomic mass is 10.2. The second-order valence-corrected chi connectivity index (χ2v) is 5.65. The summed E-state index contributed by atoms with van der Waals surface area (Å²) in [4.78, 5) is 15.4. The molecule has 0 unspecified atom stereocenters. The molecule has 1 saturated carbocycles. The molecule has 1 aliphatic rings. The van der Waals surface area contributed by atoms with Gasteiger partial charge in [0.15, 0.2) is 5.58 Å². The van der Waals surface area contributed by atoms with Crippen molar-refractivity contribution >= 4 is 29.2 Å². The minimum atomic E-state index is -1.03. The molecule has 1 aromatic carbocycles. The van der Waals surface area contributed by atoms with Gasteiger partial charge >= 0.3 is 5.97 Å². The first-order valence-electron chi connectivity index (χ1n) is 7.40. The molecular weight excluding hydrogens is 296 g/mol. The van der Waals surface area contributed by atoms with Gasteiger partial charge < -0.3 is 9.52 Å². The maximum Gasteiger partial charge on any atom is 0.338 e. The van der Waals surface area contributed by atoms with Crippen molar-refractivity contribution in [2.75, 3.05) is 0 Å². The number of hydrogen-bond donors (Lipinski definition) is 1. The summed E-state index contributed by atoms with van der Waals surface area (Å²) in [5.41, 5.74) is 1.63. The van der Waals surface area contributed by atoms with Gasteiger partial charge in [-0.25, -0.2) is 9.78 Å². The molecule has 7 nitrogen and oxygen atoms in total. The number of carboxylic acid groups (broad SMARTS) is 1. The first-order valence-corrected chi connectivity index (χ1v) is 7.40. The van der Waals surface area contributed by atoms with E-state index in [4.69, 9.17) is 9.52 Å². The van der Waals surface area contributed by atoms with Crippen LogP contribution in [0.5, 0.6) is 0 Å². The molecule has 1 N–H and O–H groups in total. The first-order chi connectivity index (χ1) is 11.2. The van der Waals surface area contributed by atoms with Gasteiger partial charge in [0, 0.05) is 12.6 Å². The zero-order valence-electron chi connectivity index (χ0n) is 12.2. The van der Waals surface area contributed by atoms with Crippen molar-refractivity contribution in [3.8, 4) is 0 Å². The van der Waals surface area contributed by atoms with E-state index in [1.807, 2.05) is 10.9 Å². The quantitative estimate of drug-likeness (QED) is 0.778. The second kappa shape index (κ2) is 5.35. The minimum absolute atomic E-state index is 0.126. The fraction of sp³-hybridized carbons (Fsp3) is 0.250. The highest BCUT2D eigenvalue weighted by molar-refractivity contribution is 6.00. The summed E-state index contributed by atoms with van der Waals surface area (Å²) >= 11 is 0. The van der Waals surface area contributed by atoms with Crippen molar-refractivity contribution in [2.24, 2.45) is 5.92 Å². The smallest absolute Gasteiger partial charge is 0.338 e. The lowest BCUT2D eigenvalue weighted by Gasteiger charge is -1.93. The Labute approximate surface area is 131 Å². The molecule has 116 valence electrons. The van der Waals surface area contributed by atoms with E-state index in [-0.39, 0.29) is 5.56 Å². The van der Waals surface area contributed by atoms with Gasteiger partial charge in [-0.3, -0.25) is 4.68 Å². The second-order valence-electron chi connectivity index (χ2n) is 5.65. The fourth-order valence-electron chi connectivity index (χ4n) is 2.41. The number of rotatable bonds is 5. The molecule has 1 aliphatic carbocycles. The van der Waals surface area contributed by atoms with Gasteiger partial charge in [-0.1, -0.05) is 11.3 Å². The SMILES string of the molecule is O=C(O)c1cccc2oc(/C=C/c3cn(CC4CC4)nn3)nc12. The Kier molecular flexibility index (Phi) is 3.18. The fourth-order valence-corrected chi connectivity index (χ4v) is 2.41. The molecule has 0 saturated heterocycles. The third-order valence-corrected chi connectivity index (χ3v) is 3.76. The predicted octanol–water partition coefficient (Wildman–Crippen LogP) is 2.70. The number of aromatic nitrogens is 4. The maximum atomic E-state index is 11.2. The molecule has 0 aliphatic heterocycles. The highest BCUT2D eigenvalue weighted by Crippen LogP contribution is 2.30. The van der Waals surface area contributed by atoms with E-state index in [9.17, 15) is 4.79 Å². The molecule has 0 bridgehead atoms. The van der Waals surface area contributed by atoms with Crippen molar-refractivity contribution in [2.45, 2.75) is 19.4 Å². The normalized spacial score (nSPS) is 14.8. The molecule has 0 spiro atoms. The van der Waals surface area contributed by atoms with Gasteiger partial charge in [0.1, 0.15) is 11.2 Å². The van der Waals surface area contributed by atoms with Crippen LogP contribution in [0.3, 0.4) is 0 Å². The van der Waals surface area contributed by atoms with Crippen molar-refractivity contribution in [3.05, 3.63) is 41.5 Å². The maximum absolute atomic E-state index is 11.2. The zero-order chi connectivity index (χ0) is 15.8. The van der Waals surface area contributed by atoms with Crippen molar-refractivity contribution in [1.29, 1.82) is 0 Å². The molecule has 7 heteroatoms. The Morgan fingerprint density at radius 3 is 3.04 bits per heavy atom. The third-order valence-electron chi connectivity index (χ3n) is 3.76. The van der Waals surface area contributed by atoms with E-state index < -0.39 is 5.97 Å². The molecule has 2 aromatic heterocycles. The van der Waals surface area contributed by atoms with Crippen LogP contribution in [0, 0.1) is 5.92 Å². The lowest BCUT2D eigenvalue weighted by Crippen LogP contribution is -1.99. The van der Waals surface area contributed by atoms with E-state index in [2.05, 4.69) is 15.3 Å². The van der Waals surface area contributed by atoms with Crippen LogP contribution in [-0.4, -0.2) is 31.1 Å².